The minimum atomic E-state index is -0.601. The lowest BCUT2D eigenvalue weighted by Gasteiger charge is -2.17. The maximum atomic E-state index is 9.81. The number of aliphatic hydroxyl groups is 1. The minimum Gasteiger partial charge on any atom is -0.384 e. The first kappa shape index (κ1) is 8.69. The van der Waals surface area contributed by atoms with Crippen LogP contribution in [0.2, 0.25) is 0 Å². The maximum absolute atomic E-state index is 9.81. The number of hydrogen-bond acceptors (Lipinski definition) is 1. The molecule has 1 unspecified atom stereocenters. The molecule has 1 aliphatic rings. The number of aryl methyl sites for hydroxylation is 1. The smallest absolute Gasteiger partial charge is 0.105 e. The Hall–Kier alpha value is -1.60. The van der Waals surface area contributed by atoms with Crippen LogP contribution in [0, 0.1) is 19.1 Å². The van der Waals surface area contributed by atoms with Crippen molar-refractivity contribution in [3.05, 3.63) is 53.1 Å². The van der Waals surface area contributed by atoms with E-state index in [0.29, 0.717) is 0 Å². The van der Waals surface area contributed by atoms with E-state index in [4.69, 9.17) is 0 Å². The van der Waals surface area contributed by atoms with Crippen LogP contribution in [-0.4, -0.2) is 5.11 Å². The van der Waals surface area contributed by atoms with E-state index in [2.05, 4.69) is 19.1 Å². The zero-order valence-electron chi connectivity index (χ0n) is 8.41. The fourth-order valence-corrected chi connectivity index (χ4v) is 2.12. The molecular weight excluding hydrogens is 184 g/mol. The lowest BCUT2D eigenvalue weighted by Crippen LogP contribution is -2.01. The molecule has 0 spiro atoms. The van der Waals surface area contributed by atoms with Gasteiger partial charge in [0.1, 0.15) is 6.10 Å². The van der Waals surface area contributed by atoms with Gasteiger partial charge < -0.3 is 5.11 Å². The van der Waals surface area contributed by atoms with Gasteiger partial charge in [0.25, 0.3) is 0 Å². The van der Waals surface area contributed by atoms with Gasteiger partial charge in [-0.05, 0) is 52.6 Å². The van der Waals surface area contributed by atoms with Crippen molar-refractivity contribution in [2.75, 3.05) is 0 Å². The van der Waals surface area contributed by atoms with E-state index in [1.165, 1.54) is 5.56 Å². The monoisotopic (exact) mass is 194 g/mol. The fraction of sp³-hybridized carbons (Fsp3) is 0.143. The van der Waals surface area contributed by atoms with E-state index in [1.807, 2.05) is 30.3 Å². The second-order valence-corrected chi connectivity index (χ2v) is 3.87. The molecule has 0 bridgehead atoms. The second kappa shape index (κ2) is 2.94. The summed E-state index contributed by atoms with van der Waals surface area (Å²) in [4.78, 5) is 0. The van der Waals surface area contributed by atoms with Crippen molar-refractivity contribution in [2.45, 2.75) is 13.0 Å². The van der Waals surface area contributed by atoms with E-state index in [-0.39, 0.29) is 0 Å². The molecule has 2 radical (unpaired) electrons. The van der Waals surface area contributed by atoms with E-state index in [9.17, 15) is 5.11 Å². The summed E-state index contributed by atoms with van der Waals surface area (Å²) in [7, 11) is 0. The summed E-state index contributed by atoms with van der Waals surface area (Å²) in [6.45, 7) is 2.05. The van der Waals surface area contributed by atoms with Crippen LogP contribution in [-0.2, 0) is 0 Å². The Bertz CT molecular complexity index is 567. The Balaban J connectivity index is 2.53. The largest absolute Gasteiger partial charge is 0.384 e. The molecule has 1 nitrogen and oxygen atoms in total. The normalized spacial score (nSPS) is 18.4. The molecule has 2 aromatic rings. The first-order chi connectivity index (χ1) is 7.27. The summed E-state index contributed by atoms with van der Waals surface area (Å²) in [6, 6.07) is 11.1. The van der Waals surface area contributed by atoms with Crippen LogP contribution in [0.5, 0.6) is 0 Å². The molecule has 0 heterocycles. The number of rotatable bonds is 0. The zero-order valence-corrected chi connectivity index (χ0v) is 8.41. The van der Waals surface area contributed by atoms with Gasteiger partial charge in [-0.25, -0.2) is 0 Å². The fourth-order valence-electron chi connectivity index (χ4n) is 2.12. The summed E-state index contributed by atoms with van der Waals surface area (Å²) < 4.78 is 0. The molecular formula is C14H10O. The molecule has 0 aromatic heterocycles. The van der Waals surface area contributed by atoms with Crippen molar-refractivity contribution in [3.8, 4) is 0 Å². The van der Waals surface area contributed by atoms with Crippen LogP contribution in [0.15, 0.2) is 24.3 Å². The molecule has 0 saturated heterocycles. The highest BCUT2D eigenvalue weighted by Gasteiger charge is 2.16. The highest BCUT2D eigenvalue weighted by Crippen LogP contribution is 2.34. The lowest BCUT2D eigenvalue weighted by atomic mass is 9.89. The molecule has 1 heteroatoms. The van der Waals surface area contributed by atoms with Crippen LogP contribution >= 0.6 is 0 Å². The molecule has 1 N–H and O–H groups in total. The van der Waals surface area contributed by atoms with Crippen molar-refractivity contribution in [1.82, 2.24) is 0 Å². The zero-order chi connectivity index (χ0) is 10.4. The van der Waals surface area contributed by atoms with Crippen molar-refractivity contribution in [1.29, 1.82) is 0 Å². The summed E-state index contributed by atoms with van der Waals surface area (Å²) in [6.07, 6.45) is 4.23. The SMILES string of the molecule is Cc1c[c]c2cccc3c2c1C=[C]C3O. The van der Waals surface area contributed by atoms with Crippen molar-refractivity contribution in [2.24, 2.45) is 0 Å². The molecule has 1 aliphatic carbocycles. The predicted molar refractivity (Wildman–Crippen MR) is 60.2 cm³/mol. The summed E-state index contributed by atoms with van der Waals surface area (Å²) >= 11 is 0. The van der Waals surface area contributed by atoms with E-state index >= 15 is 0 Å². The Kier molecular flexibility index (Phi) is 1.70. The van der Waals surface area contributed by atoms with Gasteiger partial charge in [-0.3, -0.25) is 0 Å². The highest BCUT2D eigenvalue weighted by molar-refractivity contribution is 5.95. The van der Waals surface area contributed by atoms with Gasteiger partial charge in [0, 0.05) is 0 Å². The minimum absolute atomic E-state index is 0.601. The molecule has 0 saturated carbocycles. The number of benzene rings is 2. The standard InChI is InChI=1S/C14H10O/c1-9-5-6-10-3-2-4-12-13(15)8-7-11(9)14(10)12/h2-5,7,13,15H,1H3. The van der Waals surface area contributed by atoms with Crippen LogP contribution < -0.4 is 0 Å². The Morgan fingerprint density at radius 1 is 1.33 bits per heavy atom. The third kappa shape index (κ3) is 1.13. The van der Waals surface area contributed by atoms with E-state index in [1.54, 1.807) is 0 Å². The first-order valence-corrected chi connectivity index (χ1v) is 4.98. The first-order valence-electron chi connectivity index (χ1n) is 4.98. The van der Waals surface area contributed by atoms with Gasteiger partial charge in [-0.15, -0.1) is 0 Å². The lowest BCUT2D eigenvalue weighted by molar-refractivity contribution is 0.223. The molecule has 72 valence electrons. The van der Waals surface area contributed by atoms with Gasteiger partial charge in [0.2, 0.25) is 0 Å². The van der Waals surface area contributed by atoms with Crippen molar-refractivity contribution < 1.29 is 5.11 Å². The Morgan fingerprint density at radius 2 is 2.20 bits per heavy atom. The molecule has 3 rings (SSSR count). The van der Waals surface area contributed by atoms with Crippen LogP contribution in [0.1, 0.15) is 22.8 Å². The Morgan fingerprint density at radius 3 is 3.07 bits per heavy atom. The molecule has 1 atom stereocenters. The molecule has 0 aliphatic heterocycles. The predicted octanol–water partition coefficient (Wildman–Crippen LogP) is 2.81. The molecule has 0 fully saturated rings. The van der Waals surface area contributed by atoms with Gasteiger partial charge in [-0.2, -0.15) is 0 Å². The second-order valence-electron chi connectivity index (χ2n) is 3.87. The van der Waals surface area contributed by atoms with Crippen LogP contribution in [0.25, 0.3) is 16.8 Å². The van der Waals surface area contributed by atoms with Crippen molar-refractivity contribution >= 4 is 16.8 Å². The average molecular weight is 194 g/mol. The van der Waals surface area contributed by atoms with Crippen molar-refractivity contribution in [3.63, 3.8) is 0 Å². The number of hydrogen-bond donors (Lipinski definition) is 1. The quantitative estimate of drug-likeness (QED) is 0.683. The van der Waals surface area contributed by atoms with Gasteiger partial charge in [-0.1, -0.05) is 24.3 Å². The van der Waals surface area contributed by atoms with Gasteiger partial charge in [0.05, 0.1) is 0 Å². The van der Waals surface area contributed by atoms with Gasteiger partial charge >= 0.3 is 0 Å². The summed E-state index contributed by atoms with van der Waals surface area (Å²) in [5.41, 5.74) is 3.27. The average Bonchev–Trinajstić information content (AvgIpc) is 2.26. The van der Waals surface area contributed by atoms with E-state index in [0.717, 1.165) is 21.9 Å². The molecule has 0 amide bonds. The van der Waals surface area contributed by atoms with Gasteiger partial charge in [0.15, 0.2) is 0 Å². The Labute approximate surface area is 88.7 Å². The van der Waals surface area contributed by atoms with Crippen LogP contribution in [0.4, 0.5) is 0 Å². The molecule has 2 aromatic carbocycles. The van der Waals surface area contributed by atoms with E-state index < -0.39 is 6.10 Å². The summed E-state index contributed by atoms with van der Waals surface area (Å²) in [5.74, 6) is 0. The maximum Gasteiger partial charge on any atom is 0.105 e. The summed E-state index contributed by atoms with van der Waals surface area (Å²) in [5, 5.41) is 12.0. The highest BCUT2D eigenvalue weighted by atomic mass is 16.3. The van der Waals surface area contributed by atoms with Crippen LogP contribution in [0.3, 0.4) is 0 Å². The topological polar surface area (TPSA) is 20.2 Å². The third-order valence-electron chi connectivity index (χ3n) is 2.92. The number of aliphatic hydroxyl groups excluding tert-OH is 1. The third-order valence-corrected chi connectivity index (χ3v) is 2.92. The molecule has 15 heavy (non-hydrogen) atoms.